The number of sulfonamides is 1. The summed E-state index contributed by atoms with van der Waals surface area (Å²) >= 11 is 12.6. The van der Waals surface area contributed by atoms with Crippen LogP contribution in [0.1, 0.15) is 43.0 Å². The number of nitrogens with zero attached hydrogens (tertiary/aromatic N) is 2. The molecule has 41 heavy (non-hydrogen) atoms. The van der Waals surface area contributed by atoms with Crippen LogP contribution in [0, 0.1) is 13.8 Å². The number of rotatable bonds is 10. The number of carbonyl (C=O) groups excluding carboxylic acids is 2. The highest BCUT2D eigenvalue weighted by Gasteiger charge is 2.34. The van der Waals surface area contributed by atoms with Crippen LogP contribution in [-0.2, 0) is 32.6 Å². The summed E-state index contributed by atoms with van der Waals surface area (Å²) in [6, 6.07) is 18.7. The summed E-state index contributed by atoms with van der Waals surface area (Å²) in [6.45, 7) is 8.77. The predicted molar refractivity (Wildman–Crippen MR) is 167 cm³/mol. The van der Waals surface area contributed by atoms with Gasteiger partial charge in [-0.15, -0.1) is 0 Å². The third kappa shape index (κ3) is 9.48. The molecule has 0 heterocycles. The largest absolute Gasteiger partial charge is 0.350 e. The molecule has 0 aromatic heterocycles. The van der Waals surface area contributed by atoms with E-state index in [4.69, 9.17) is 23.2 Å². The molecular weight excluding hydrogens is 581 g/mol. The molecule has 0 spiro atoms. The smallest absolute Gasteiger partial charge is 0.244 e. The number of halogens is 2. The second-order valence-electron chi connectivity index (χ2n) is 11.3. The SMILES string of the molecule is Cc1cc(C)cc(N(CC(=O)N(Cc2ccc(Cl)cc2Cl)C(Cc2ccccc2)C(=O)NC(C)(C)C)S(C)(=O)=O)c1. The zero-order valence-corrected chi connectivity index (χ0v) is 26.6. The fraction of sp³-hybridized carbons (Fsp3) is 0.355. The van der Waals surface area contributed by atoms with E-state index in [1.54, 1.807) is 30.3 Å². The summed E-state index contributed by atoms with van der Waals surface area (Å²) in [7, 11) is -3.86. The predicted octanol–water partition coefficient (Wildman–Crippen LogP) is 5.93. The molecule has 3 aromatic carbocycles. The molecule has 0 fully saturated rings. The summed E-state index contributed by atoms with van der Waals surface area (Å²) in [5, 5.41) is 3.76. The van der Waals surface area contributed by atoms with Gasteiger partial charge in [0.05, 0.1) is 11.9 Å². The van der Waals surface area contributed by atoms with Crippen molar-refractivity contribution in [3.05, 3.63) is 99.0 Å². The van der Waals surface area contributed by atoms with Gasteiger partial charge in [-0.1, -0.05) is 65.7 Å². The summed E-state index contributed by atoms with van der Waals surface area (Å²) in [6.07, 6.45) is 1.27. The molecule has 3 aromatic rings. The molecule has 1 atom stereocenters. The van der Waals surface area contributed by atoms with E-state index in [2.05, 4.69) is 5.32 Å². The average Bonchev–Trinajstić information content (AvgIpc) is 2.84. The maximum Gasteiger partial charge on any atom is 0.244 e. The third-order valence-corrected chi connectivity index (χ3v) is 8.03. The topological polar surface area (TPSA) is 86.8 Å². The number of nitrogens with one attached hydrogen (secondary N) is 1. The first-order valence-electron chi connectivity index (χ1n) is 13.2. The average molecular weight is 619 g/mol. The van der Waals surface area contributed by atoms with Gasteiger partial charge in [0.25, 0.3) is 0 Å². The minimum atomic E-state index is -3.86. The Morgan fingerprint density at radius 1 is 0.927 bits per heavy atom. The second-order valence-corrected chi connectivity index (χ2v) is 14.1. The van der Waals surface area contributed by atoms with Crippen molar-refractivity contribution in [2.24, 2.45) is 0 Å². The lowest BCUT2D eigenvalue weighted by Gasteiger charge is -2.35. The molecule has 220 valence electrons. The Balaban J connectivity index is 2.12. The van der Waals surface area contributed by atoms with Crippen molar-refractivity contribution >= 4 is 50.7 Å². The van der Waals surface area contributed by atoms with Gasteiger partial charge in [-0.25, -0.2) is 8.42 Å². The molecule has 0 radical (unpaired) electrons. The Kier molecular flexibility index (Phi) is 10.5. The minimum Gasteiger partial charge on any atom is -0.350 e. The lowest BCUT2D eigenvalue weighted by atomic mass is 10.0. The summed E-state index contributed by atoms with van der Waals surface area (Å²) in [4.78, 5) is 29.4. The van der Waals surface area contributed by atoms with Crippen LogP contribution >= 0.6 is 23.2 Å². The van der Waals surface area contributed by atoms with Gasteiger partial charge in [-0.05, 0) is 81.1 Å². The molecule has 0 saturated heterocycles. The standard InChI is InChI=1S/C31H37Cl2N3O4S/c1-21-14-22(2)16-26(15-21)36(41(6,39)40)20-29(37)35(19-24-12-13-25(32)18-27(24)33)28(30(38)34-31(3,4)5)17-23-10-8-7-9-11-23/h7-16,18,28H,17,19-20H2,1-6H3,(H,34,38). The molecule has 0 aliphatic heterocycles. The van der Waals surface area contributed by atoms with E-state index in [-0.39, 0.29) is 18.9 Å². The van der Waals surface area contributed by atoms with Crippen LogP contribution in [-0.4, -0.2) is 49.5 Å². The Hall–Kier alpha value is -3.07. The molecule has 0 bridgehead atoms. The number of benzene rings is 3. The van der Waals surface area contributed by atoms with Gasteiger partial charge < -0.3 is 10.2 Å². The van der Waals surface area contributed by atoms with Gasteiger partial charge in [-0.3, -0.25) is 13.9 Å². The molecule has 0 aliphatic carbocycles. The molecule has 0 saturated carbocycles. The van der Waals surface area contributed by atoms with E-state index >= 15 is 0 Å². The highest BCUT2D eigenvalue weighted by molar-refractivity contribution is 7.92. The molecule has 2 amide bonds. The maximum atomic E-state index is 14.2. The maximum absolute atomic E-state index is 14.2. The van der Waals surface area contributed by atoms with Gasteiger partial charge in [0.2, 0.25) is 21.8 Å². The van der Waals surface area contributed by atoms with Crippen molar-refractivity contribution in [2.45, 2.75) is 59.2 Å². The first-order valence-corrected chi connectivity index (χ1v) is 15.8. The first kappa shape index (κ1) is 32.4. The van der Waals surface area contributed by atoms with Crippen molar-refractivity contribution in [1.82, 2.24) is 10.2 Å². The quantitative estimate of drug-likeness (QED) is 0.305. The van der Waals surface area contributed by atoms with E-state index in [1.165, 1.54) is 4.90 Å². The van der Waals surface area contributed by atoms with Crippen LogP contribution in [0.15, 0.2) is 66.7 Å². The van der Waals surface area contributed by atoms with Crippen molar-refractivity contribution < 1.29 is 18.0 Å². The number of hydrogen-bond donors (Lipinski definition) is 1. The van der Waals surface area contributed by atoms with Crippen LogP contribution < -0.4 is 9.62 Å². The zero-order chi connectivity index (χ0) is 30.5. The number of anilines is 1. The van der Waals surface area contributed by atoms with E-state index in [9.17, 15) is 18.0 Å². The summed E-state index contributed by atoms with van der Waals surface area (Å²) in [5.74, 6) is -0.914. The van der Waals surface area contributed by atoms with Crippen molar-refractivity contribution in [2.75, 3.05) is 17.1 Å². The number of hydrogen-bond acceptors (Lipinski definition) is 4. The fourth-order valence-electron chi connectivity index (χ4n) is 4.55. The van der Waals surface area contributed by atoms with Crippen LogP contribution in [0.25, 0.3) is 0 Å². The Morgan fingerprint density at radius 2 is 1.54 bits per heavy atom. The van der Waals surface area contributed by atoms with Crippen LogP contribution in [0.5, 0.6) is 0 Å². The van der Waals surface area contributed by atoms with Crippen molar-refractivity contribution in [1.29, 1.82) is 0 Å². The van der Waals surface area contributed by atoms with Crippen LogP contribution in [0.3, 0.4) is 0 Å². The normalized spacial score (nSPS) is 12.5. The highest BCUT2D eigenvalue weighted by Crippen LogP contribution is 2.26. The van der Waals surface area contributed by atoms with Gasteiger partial charge in [0.15, 0.2) is 0 Å². The van der Waals surface area contributed by atoms with Crippen LogP contribution in [0.4, 0.5) is 5.69 Å². The monoisotopic (exact) mass is 617 g/mol. The zero-order valence-electron chi connectivity index (χ0n) is 24.2. The molecule has 7 nitrogen and oxygen atoms in total. The van der Waals surface area contributed by atoms with Gasteiger partial charge in [0, 0.05) is 28.5 Å². The minimum absolute atomic E-state index is 0.0334. The van der Waals surface area contributed by atoms with Gasteiger partial charge >= 0.3 is 0 Å². The second kappa shape index (κ2) is 13.3. The Labute approximate surface area is 253 Å². The van der Waals surface area contributed by atoms with Gasteiger partial charge in [-0.2, -0.15) is 0 Å². The van der Waals surface area contributed by atoms with E-state index in [0.717, 1.165) is 27.3 Å². The van der Waals surface area contributed by atoms with E-state index in [0.29, 0.717) is 21.3 Å². The molecular formula is C31H37Cl2N3O4S. The van der Waals surface area contributed by atoms with Crippen molar-refractivity contribution in [3.8, 4) is 0 Å². The van der Waals surface area contributed by atoms with E-state index in [1.807, 2.05) is 71.0 Å². The lowest BCUT2D eigenvalue weighted by Crippen LogP contribution is -2.56. The molecule has 1 unspecified atom stereocenters. The molecule has 1 N–H and O–H groups in total. The number of carbonyl (C=O) groups is 2. The molecule has 3 rings (SSSR count). The Bertz CT molecular complexity index is 1490. The highest BCUT2D eigenvalue weighted by atomic mass is 35.5. The number of amides is 2. The number of aryl methyl sites for hydroxylation is 2. The lowest BCUT2D eigenvalue weighted by molar-refractivity contribution is -0.140. The van der Waals surface area contributed by atoms with Gasteiger partial charge in [0.1, 0.15) is 12.6 Å². The molecule has 0 aliphatic rings. The van der Waals surface area contributed by atoms with Crippen LogP contribution in [0.2, 0.25) is 10.0 Å². The molecule has 10 heteroatoms. The summed E-state index contributed by atoms with van der Waals surface area (Å²) < 4.78 is 27.0. The Morgan fingerprint density at radius 3 is 2.07 bits per heavy atom. The third-order valence-electron chi connectivity index (χ3n) is 6.30. The van der Waals surface area contributed by atoms with Crippen molar-refractivity contribution in [3.63, 3.8) is 0 Å². The fourth-order valence-corrected chi connectivity index (χ4v) is 5.85. The first-order chi connectivity index (χ1) is 19.0. The summed E-state index contributed by atoms with van der Waals surface area (Å²) in [5.41, 5.74) is 2.94. The van der Waals surface area contributed by atoms with E-state index < -0.39 is 34.1 Å².